The maximum absolute atomic E-state index is 12.2. The molecule has 0 saturated carbocycles. The van der Waals surface area contributed by atoms with Gasteiger partial charge in [0, 0.05) is 45.2 Å². The second-order valence-electron chi connectivity index (χ2n) is 6.08. The van der Waals surface area contributed by atoms with Crippen molar-refractivity contribution >= 4 is 27.3 Å². The normalized spacial score (nSPS) is 12.3. The van der Waals surface area contributed by atoms with E-state index in [0.717, 1.165) is 16.2 Å². The molecule has 0 radical (unpaired) electrons. The van der Waals surface area contributed by atoms with E-state index >= 15 is 0 Å². The first-order valence-corrected chi connectivity index (χ1v) is 10.6. The number of rotatable bonds is 7. The Bertz CT molecular complexity index is 892. The van der Waals surface area contributed by atoms with Crippen LogP contribution in [0.2, 0.25) is 0 Å². The number of methoxy groups -OCH3 is 1. The molecule has 2 aromatic rings. The van der Waals surface area contributed by atoms with Crippen LogP contribution in [0.25, 0.3) is 0 Å². The van der Waals surface area contributed by atoms with Crippen molar-refractivity contribution in [1.29, 1.82) is 0 Å². The van der Waals surface area contributed by atoms with Gasteiger partial charge < -0.3 is 15.0 Å². The molecule has 0 aliphatic heterocycles. The summed E-state index contributed by atoms with van der Waals surface area (Å²) in [6, 6.07) is 11.3. The number of ether oxygens (including phenoxy) is 1. The highest BCUT2D eigenvalue weighted by atomic mass is 32.2. The van der Waals surface area contributed by atoms with E-state index in [1.165, 1.54) is 29.7 Å². The molecule has 148 valence electrons. The summed E-state index contributed by atoms with van der Waals surface area (Å²) in [7, 11) is 4.98. The van der Waals surface area contributed by atoms with E-state index in [1.54, 1.807) is 20.2 Å². The largest absolute Gasteiger partial charge is 0.496 e. The first-order chi connectivity index (χ1) is 12.8. The minimum absolute atomic E-state index is 0.335. The van der Waals surface area contributed by atoms with Crippen molar-refractivity contribution < 1.29 is 13.2 Å². The molecule has 0 bridgehead atoms. The van der Waals surface area contributed by atoms with Crippen LogP contribution in [0.15, 0.2) is 45.6 Å². The van der Waals surface area contributed by atoms with E-state index in [4.69, 9.17) is 4.74 Å². The number of aliphatic imine (C=N–C) groups is 1. The van der Waals surface area contributed by atoms with E-state index in [9.17, 15) is 8.42 Å². The van der Waals surface area contributed by atoms with Gasteiger partial charge in [-0.25, -0.2) is 12.7 Å². The summed E-state index contributed by atoms with van der Waals surface area (Å²) < 4.78 is 31.3. The second kappa shape index (κ2) is 9.20. The fourth-order valence-corrected chi connectivity index (χ4v) is 4.95. The van der Waals surface area contributed by atoms with Gasteiger partial charge in [-0.1, -0.05) is 18.2 Å². The number of nitrogens with zero attached hydrogens (tertiary/aromatic N) is 3. The highest BCUT2D eigenvalue weighted by Gasteiger charge is 2.19. The Hall–Kier alpha value is -2.10. The molecule has 9 heteroatoms. The van der Waals surface area contributed by atoms with E-state index < -0.39 is 10.0 Å². The minimum Gasteiger partial charge on any atom is -0.496 e. The quantitative estimate of drug-likeness (QED) is 0.560. The molecular formula is C18H26N4O3S2. The van der Waals surface area contributed by atoms with Crippen LogP contribution in [0.3, 0.4) is 0 Å². The SMILES string of the molecule is CN=C(NCc1ccc(S(=O)(=O)N(C)C)s1)N(C)Cc1ccccc1OC. The van der Waals surface area contributed by atoms with E-state index in [0.29, 0.717) is 23.3 Å². The first kappa shape index (κ1) is 21.2. The summed E-state index contributed by atoms with van der Waals surface area (Å²) in [5.74, 6) is 1.54. The molecule has 27 heavy (non-hydrogen) atoms. The summed E-state index contributed by atoms with van der Waals surface area (Å²) in [4.78, 5) is 7.22. The highest BCUT2D eigenvalue weighted by molar-refractivity contribution is 7.91. The zero-order valence-corrected chi connectivity index (χ0v) is 17.9. The van der Waals surface area contributed by atoms with Crippen LogP contribution in [-0.4, -0.2) is 58.9 Å². The topological polar surface area (TPSA) is 74.2 Å². The maximum Gasteiger partial charge on any atom is 0.252 e. The van der Waals surface area contributed by atoms with Crippen molar-refractivity contribution in [2.24, 2.45) is 4.99 Å². The van der Waals surface area contributed by atoms with Crippen LogP contribution >= 0.6 is 11.3 Å². The van der Waals surface area contributed by atoms with Gasteiger partial charge in [-0.15, -0.1) is 11.3 Å². The average molecular weight is 411 g/mol. The molecule has 7 nitrogen and oxygen atoms in total. The number of para-hydroxylation sites is 1. The molecule has 1 aromatic carbocycles. The lowest BCUT2D eigenvalue weighted by molar-refractivity contribution is 0.396. The smallest absolute Gasteiger partial charge is 0.252 e. The Kier molecular flexibility index (Phi) is 7.23. The molecule has 1 aromatic heterocycles. The molecule has 0 aliphatic carbocycles. The summed E-state index contributed by atoms with van der Waals surface area (Å²) in [5, 5.41) is 3.27. The summed E-state index contributed by atoms with van der Waals surface area (Å²) >= 11 is 1.26. The zero-order valence-electron chi connectivity index (χ0n) is 16.3. The van der Waals surface area contributed by atoms with Gasteiger partial charge in [0.1, 0.15) is 9.96 Å². The van der Waals surface area contributed by atoms with Crippen LogP contribution < -0.4 is 10.1 Å². The molecule has 0 amide bonds. The molecule has 0 atom stereocenters. The van der Waals surface area contributed by atoms with Crippen LogP contribution in [-0.2, 0) is 23.1 Å². The second-order valence-corrected chi connectivity index (χ2v) is 9.62. The van der Waals surface area contributed by atoms with E-state index in [2.05, 4.69) is 10.3 Å². The number of hydrogen-bond acceptors (Lipinski definition) is 5. The van der Waals surface area contributed by atoms with Crippen molar-refractivity contribution in [3.8, 4) is 5.75 Å². The van der Waals surface area contributed by atoms with Gasteiger partial charge in [0.05, 0.1) is 13.7 Å². The molecule has 1 heterocycles. The van der Waals surface area contributed by atoms with Crippen molar-refractivity contribution in [2.45, 2.75) is 17.3 Å². The maximum atomic E-state index is 12.2. The van der Waals surface area contributed by atoms with Crippen molar-refractivity contribution in [3.63, 3.8) is 0 Å². The van der Waals surface area contributed by atoms with Gasteiger partial charge in [0.2, 0.25) is 0 Å². The van der Waals surface area contributed by atoms with Gasteiger partial charge >= 0.3 is 0 Å². The Balaban J connectivity index is 2.03. The Morgan fingerprint density at radius 3 is 2.52 bits per heavy atom. The number of guanidine groups is 1. The van der Waals surface area contributed by atoms with Crippen molar-refractivity contribution in [1.82, 2.24) is 14.5 Å². The molecule has 0 saturated heterocycles. The summed E-state index contributed by atoms with van der Waals surface area (Å²) in [6.45, 7) is 1.13. The van der Waals surface area contributed by atoms with Gasteiger partial charge in [-0.3, -0.25) is 4.99 Å². The molecular weight excluding hydrogens is 384 g/mol. The number of benzene rings is 1. The molecule has 0 aliphatic rings. The van der Waals surface area contributed by atoms with Crippen LogP contribution in [0.5, 0.6) is 5.75 Å². The fraction of sp³-hybridized carbons (Fsp3) is 0.389. The summed E-state index contributed by atoms with van der Waals surface area (Å²) in [5.41, 5.74) is 1.06. The lowest BCUT2D eigenvalue weighted by Gasteiger charge is -2.23. The number of nitrogens with one attached hydrogen (secondary N) is 1. The van der Waals surface area contributed by atoms with Gasteiger partial charge in [-0.05, 0) is 18.2 Å². The third-order valence-corrected chi connectivity index (χ3v) is 7.33. The number of sulfonamides is 1. The average Bonchev–Trinajstić information content (AvgIpc) is 3.12. The van der Waals surface area contributed by atoms with Gasteiger partial charge in [-0.2, -0.15) is 0 Å². The Morgan fingerprint density at radius 1 is 1.19 bits per heavy atom. The molecule has 2 rings (SSSR count). The molecule has 1 N–H and O–H groups in total. The Labute approximate surface area is 165 Å². The van der Waals surface area contributed by atoms with E-state index in [1.807, 2.05) is 42.3 Å². The first-order valence-electron chi connectivity index (χ1n) is 8.34. The van der Waals surface area contributed by atoms with Gasteiger partial charge in [0.25, 0.3) is 10.0 Å². The third-order valence-electron chi connectivity index (χ3n) is 3.97. The lowest BCUT2D eigenvalue weighted by atomic mass is 10.2. The van der Waals surface area contributed by atoms with Gasteiger partial charge in [0.15, 0.2) is 5.96 Å². The third kappa shape index (κ3) is 5.21. The molecule has 0 spiro atoms. The highest BCUT2D eigenvalue weighted by Crippen LogP contribution is 2.24. The number of hydrogen-bond donors (Lipinski definition) is 1. The standard InChI is InChI=1S/C18H26N4O3S2/c1-19-18(22(4)13-14-8-6-7-9-16(14)25-5)20-12-15-10-11-17(26-15)27(23,24)21(2)3/h6-11H,12-13H2,1-5H3,(H,19,20). The van der Waals surface area contributed by atoms with Crippen LogP contribution in [0, 0.1) is 0 Å². The molecule has 0 unspecified atom stereocenters. The lowest BCUT2D eigenvalue weighted by Crippen LogP contribution is -2.37. The number of thiophene rings is 1. The Morgan fingerprint density at radius 2 is 1.89 bits per heavy atom. The van der Waals surface area contributed by atoms with Crippen LogP contribution in [0.1, 0.15) is 10.4 Å². The van der Waals surface area contributed by atoms with Crippen LogP contribution in [0.4, 0.5) is 0 Å². The van der Waals surface area contributed by atoms with Crippen molar-refractivity contribution in [2.75, 3.05) is 35.3 Å². The predicted octanol–water partition coefficient (Wildman–Crippen LogP) is 2.21. The minimum atomic E-state index is -3.40. The van der Waals surface area contributed by atoms with E-state index in [-0.39, 0.29) is 0 Å². The fourth-order valence-electron chi connectivity index (χ4n) is 2.49. The zero-order chi connectivity index (χ0) is 20.0. The summed E-state index contributed by atoms with van der Waals surface area (Å²) in [6.07, 6.45) is 0. The molecule has 0 fully saturated rings. The monoisotopic (exact) mass is 410 g/mol. The van der Waals surface area contributed by atoms with Crippen molar-refractivity contribution in [3.05, 3.63) is 46.8 Å². The predicted molar refractivity (Wildman–Crippen MR) is 110 cm³/mol.